The van der Waals surface area contributed by atoms with Crippen molar-refractivity contribution in [1.82, 2.24) is 10.3 Å². The SMILES string of the molecule is CC(=O)NC1=NN(C(C)=O)[C@H](c2cccc(OC(=O)c3ccc(F)cc3)c2)S1. The van der Waals surface area contributed by atoms with Crippen molar-refractivity contribution in [2.45, 2.75) is 19.2 Å². The van der Waals surface area contributed by atoms with Crippen LogP contribution in [0.25, 0.3) is 0 Å². The van der Waals surface area contributed by atoms with Crippen molar-refractivity contribution >= 4 is 34.7 Å². The summed E-state index contributed by atoms with van der Waals surface area (Å²) in [5.74, 6) is -1.40. The summed E-state index contributed by atoms with van der Waals surface area (Å²) in [4.78, 5) is 35.4. The highest BCUT2D eigenvalue weighted by Gasteiger charge is 2.32. The fraction of sp³-hybridized carbons (Fsp3) is 0.158. The number of carbonyl (C=O) groups is 3. The minimum absolute atomic E-state index is 0.212. The molecule has 9 heteroatoms. The molecule has 0 fully saturated rings. The van der Waals surface area contributed by atoms with E-state index in [1.54, 1.807) is 24.3 Å². The molecule has 1 heterocycles. The Bertz CT molecular complexity index is 962. The second-order valence-corrected chi connectivity index (χ2v) is 6.96. The molecule has 7 nitrogen and oxygen atoms in total. The molecule has 2 amide bonds. The second-order valence-electron chi connectivity index (χ2n) is 5.89. The maximum absolute atomic E-state index is 13.0. The maximum Gasteiger partial charge on any atom is 0.343 e. The zero-order chi connectivity index (χ0) is 20.3. The third-order valence-electron chi connectivity index (χ3n) is 3.68. The first-order valence-corrected chi connectivity index (χ1v) is 9.12. The van der Waals surface area contributed by atoms with E-state index >= 15 is 0 Å². The van der Waals surface area contributed by atoms with Gasteiger partial charge in [-0.3, -0.25) is 9.59 Å². The van der Waals surface area contributed by atoms with E-state index in [1.165, 1.54) is 54.9 Å². The van der Waals surface area contributed by atoms with E-state index in [0.717, 1.165) is 0 Å². The number of hydrazone groups is 1. The molecule has 2 aromatic rings. The summed E-state index contributed by atoms with van der Waals surface area (Å²) in [6.45, 7) is 2.72. The van der Waals surface area contributed by atoms with Gasteiger partial charge in [0.1, 0.15) is 16.9 Å². The van der Waals surface area contributed by atoms with Crippen molar-refractivity contribution in [3.63, 3.8) is 0 Å². The van der Waals surface area contributed by atoms with Gasteiger partial charge < -0.3 is 10.1 Å². The first-order chi connectivity index (χ1) is 13.3. The molecule has 1 aliphatic rings. The lowest BCUT2D eigenvalue weighted by atomic mass is 10.2. The number of rotatable bonds is 3. The van der Waals surface area contributed by atoms with E-state index in [0.29, 0.717) is 10.7 Å². The number of thioether (sulfide) groups is 1. The summed E-state index contributed by atoms with van der Waals surface area (Å²) in [5, 5.41) is 7.73. The standard InChI is InChI=1S/C19H16FN3O4S/c1-11(24)21-19-22-23(12(2)25)17(28-19)14-4-3-5-16(10-14)27-18(26)13-6-8-15(20)9-7-13/h3-10,17H,1-2H3,(H,21,22,24)/t17-/m0/s1. The lowest BCUT2D eigenvalue weighted by molar-refractivity contribution is -0.129. The van der Waals surface area contributed by atoms with Crippen molar-refractivity contribution in [1.29, 1.82) is 0 Å². The number of amidine groups is 1. The molecule has 0 saturated heterocycles. The number of benzene rings is 2. The molecule has 1 atom stereocenters. The fourth-order valence-electron chi connectivity index (χ4n) is 2.46. The number of esters is 1. The zero-order valence-electron chi connectivity index (χ0n) is 15.0. The van der Waals surface area contributed by atoms with Gasteiger partial charge in [-0.25, -0.2) is 14.2 Å². The Balaban J connectivity index is 1.79. The Labute approximate surface area is 164 Å². The summed E-state index contributed by atoms with van der Waals surface area (Å²) < 4.78 is 18.3. The molecule has 0 spiro atoms. The van der Waals surface area contributed by atoms with Gasteiger partial charge in [0.2, 0.25) is 11.8 Å². The van der Waals surface area contributed by atoms with E-state index in [1.807, 2.05) is 0 Å². The molecular weight excluding hydrogens is 385 g/mol. The average molecular weight is 401 g/mol. The van der Waals surface area contributed by atoms with Gasteiger partial charge in [-0.05, 0) is 42.0 Å². The third kappa shape index (κ3) is 4.55. The fourth-order valence-corrected chi connectivity index (χ4v) is 3.59. The normalized spacial score (nSPS) is 15.8. The maximum atomic E-state index is 13.0. The van der Waals surface area contributed by atoms with Crippen LogP contribution in [0.3, 0.4) is 0 Å². The predicted molar refractivity (Wildman–Crippen MR) is 102 cm³/mol. The van der Waals surface area contributed by atoms with Crippen LogP contribution in [0.2, 0.25) is 0 Å². The van der Waals surface area contributed by atoms with Gasteiger partial charge >= 0.3 is 5.97 Å². The first kappa shape index (κ1) is 19.6. The largest absolute Gasteiger partial charge is 0.423 e. The summed E-state index contributed by atoms with van der Waals surface area (Å²) in [6, 6.07) is 11.7. The lowest BCUT2D eigenvalue weighted by Crippen LogP contribution is -2.25. The van der Waals surface area contributed by atoms with Crippen LogP contribution in [0.5, 0.6) is 5.75 Å². The minimum atomic E-state index is -0.630. The highest BCUT2D eigenvalue weighted by atomic mass is 32.2. The van der Waals surface area contributed by atoms with Gasteiger partial charge in [-0.1, -0.05) is 23.9 Å². The number of halogens is 1. The van der Waals surface area contributed by atoms with Crippen LogP contribution in [0.15, 0.2) is 53.6 Å². The second kappa shape index (κ2) is 8.22. The number of carbonyl (C=O) groups excluding carboxylic acids is 3. The molecule has 1 N–H and O–H groups in total. The van der Waals surface area contributed by atoms with Crippen LogP contribution >= 0.6 is 11.8 Å². The first-order valence-electron chi connectivity index (χ1n) is 8.24. The molecule has 0 aromatic heterocycles. The van der Waals surface area contributed by atoms with Gasteiger partial charge in [0.25, 0.3) is 0 Å². The van der Waals surface area contributed by atoms with E-state index in [-0.39, 0.29) is 23.1 Å². The smallest absolute Gasteiger partial charge is 0.343 e. The molecule has 0 saturated carbocycles. The number of hydrogen-bond acceptors (Lipinski definition) is 6. The molecule has 1 aliphatic heterocycles. The van der Waals surface area contributed by atoms with E-state index < -0.39 is 17.2 Å². The highest BCUT2D eigenvalue weighted by molar-refractivity contribution is 8.14. The van der Waals surface area contributed by atoms with Crippen molar-refractivity contribution in [3.8, 4) is 5.75 Å². The number of hydrogen-bond donors (Lipinski definition) is 1. The van der Waals surface area contributed by atoms with Gasteiger partial charge in [0.05, 0.1) is 5.56 Å². The quantitative estimate of drug-likeness (QED) is 0.631. The van der Waals surface area contributed by atoms with Crippen molar-refractivity contribution in [3.05, 3.63) is 65.5 Å². The topological polar surface area (TPSA) is 88.1 Å². The van der Waals surface area contributed by atoms with Crippen LogP contribution in [0.4, 0.5) is 4.39 Å². The molecule has 28 heavy (non-hydrogen) atoms. The van der Waals surface area contributed by atoms with Crippen molar-refractivity contribution in [2.75, 3.05) is 0 Å². The van der Waals surface area contributed by atoms with Crippen LogP contribution in [0.1, 0.15) is 35.1 Å². The van der Waals surface area contributed by atoms with Crippen molar-refractivity contribution in [2.24, 2.45) is 5.10 Å². The molecular formula is C19H16FN3O4S. The van der Waals surface area contributed by atoms with E-state index in [2.05, 4.69) is 10.4 Å². The van der Waals surface area contributed by atoms with Crippen LogP contribution in [0, 0.1) is 5.82 Å². The Morgan fingerprint density at radius 1 is 1.14 bits per heavy atom. The molecule has 144 valence electrons. The Hall–Kier alpha value is -3.20. The molecule has 3 rings (SSSR count). The van der Waals surface area contributed by atoms with Gasteiger partial charge in [-0.2, -0.15) is 0 Å². The number of amides is 2. The molecule has 0 unspecified atom stereocenters. The van der Waals surface area contributed by atoms with E-state index in [9.17, 15) is 18.8 Å². The molecule has 0 radical (unpaired) electrons. The van der Waals surface area contributed by atoms with Crippen LogP contribution in [-0.4, -0.2) is 28.0 Å². The number of ether oxygens (including phenoxy) is 1. The summed E-state index contributed by atoms with van der Waals surface area (Å²) >= 11 is 1.20. The Morgan fingerprint density at radius 3 is 2.50 bits per heavy atom. The number of nitrogens with one attached hydrogen (secondary N) is 1. The van der Waals surface area contributed by atoms with Crippen molar-refractivity contribution < 1.29 is 23.5 Å². The minimum Gasteiger partial charge on any atom is -0.423 e. The highest BCUT2D eigenvalue weighted by Crippen LogP contribution is 2.39. The van der Waals surface area contributed by atoms with Crippen LogP contribution in [-0.2, 0) is 9.59 Å². The lowest BCUT2D eigenvalue weighted by Gasteiger charge is -2.19. The average Bonchev–Trinajstić information content (AvgIpc) is 3.06. The van der Waals surface area contributed by atoms with Gasteiger partial charge in [0.15, 0.2) is 5.17 Å². The molecule has 2 aromatic carbocycles. The molecule has 0 aliphatic carbocycles. The molecule has 0 bridgehead atoms. The summed E-state index contributed by atoms with van der Waals surface area (Å²) in [5.41, 5.74) is 0.873. The van der Waals surface area contributed by atoms with Gasteiger partial charge in [-0.15, -0.1) is 5.10 Å². The summed E-state index contributed by atoms with van der Waals surface area (Å²) in [7, 11) is 0. The zero-order valence-corrected chi connectivity index (χ0v) is 15.8. The van der Waals surface area contributed by atoms with E-state index in [4.69, 9.17) is 4.74 Å². The third-order valence-corrected chi connectivity index (χ3v) is 4.79. The monoisotopic (exact) mass is 401 g/mol. The number of nitrogens with zero attached hydrogens (tertiary/aromatic N) is 2. The van der Waals surface area contributed by atoms with Crippen LogP contribution < -0.4 is 10.1 Å². The van der Waals surface area contributed by atoms with Gasteiger partial charge in [0, 0.05) is 13.8 Å². The Kier molecular flexibility index (Phi) is 5.74. The Morgan fingerprint density at radius 2 is 1.86 bits per heavy atom. The summed E-state index contributed by atoms with van der Waals surface area (Å²) in [6.07, 6.45) is 0. The predicted octanol–water partition coefficient (Wildman–Crippen LogP) is 3.05.